The molecule has 2 nitrogen and oxygen atoms in total. The fourth-order valence-corrected chi connectivity index (χ4v) is 1.69. The van der Waals surface area contributed by atoms with E-state index in [0.717, 1.165) is 0 Å². The molecule has 0 saturated carbocycles. The second-order valence-corrected chi connectivity index (χ2v) is 4.38. The average molecular weight is 270 g/mol. The Bertz CT molecular complexity index is 340. The van der Waals surface area contributed by atoms with Gasteiger partial charge in [-0.25, -0.2) is 0 Å². The second kappa shape index (κ2) is 5.92. The number of hydrogen-bond acceptors (Lipinski definition) is 2. The number of rotatable bonds is 4. The minimum Gasteiger partial charge on any atom is -0.391 e. The van der Waals surface area contributed by atoms with Gasteiger partial charge in [0.1, 0.15) is 0 Å². The number of aliphatic hydroxyl groups excluding tert-OH is 1. The molecule has 0 aliphatic carbocycles. The van der Waals surface area contributed by atoms with Crippen LogP contribution in [-0.2, 0) is 11.3 Å². The SMILES string of the molecule is C[C@H](O)COCc1c(Cl)ccc(Cl)c1Cl. The zero-order valence-electron chi connectivity index (χ0n) is 8.14. The van der Waals surface area contributed by atoms with Crippen LogP contribution in [0.25, 0.3) is 0 Å². The third-order valence-corrected chi connectivity index (χ3v) is 2.94. The summed E-state index contributed by atoms with van der Waals surface area (Å²) in [7, 11) is 0. The molecule has 15 heavy (non-hydrogen) atoms. The summed E-state index contributed by atoms with van der Waals surface area (Å²) in [5.74, 6) is 0. The first-order valence-corrected chi connectivity index (χ1v) is 5.54. The maximum Gasteiger partial charge on any atom is 0.0747 e. The van der Waals surface area contributed by atoms with E-state index in [1.807, 2.05) is 0 Å². The Hall–Kier alpha value is 0.01000. The summed E-state index contributed by atoms with van der Waals surface area (Å²) in [6.45, 7) is 2.11. The van der Waals surface area contributed by atoms with Crippen molar-refractivity contribution in [3.63, 3.8) is 0 Å². The number of hydrogen-bond donors (Lipinski definition) is 1. The Morgan fingerprint density at radius 2 is 1.87 bits per heavy atom. The van der Waals surface area contributed by atoms with Crippen molar-refractivity contribution in [2.24, 2.45) is 0 Å². The van der Waals surface area contributed by atoms with Crippen molar-refractivity contribution in [1.29, 1.82) is 0 Å². The Morgan fingerprint density at radius 3 is 2.47 bits per heavy atom. The molecule has 5 heteroatoms. The maximum absolute atomic E-state index is 9.01. The van der Waals surface area contributed by atoms with Gasteiger partial charge < -0.3 is 9.84 Å². The first kappa shape index (κ1) is 13.1. The molecule has 0 saturated heterocycles. The van der Waals surface area contributed by atoms with Crippen LogP contribution in [0, 0.1) is 0 Å². The average Bonchev–Trinajstić information content (AvgIpc) is 2.17. The first-order valence-electron chi connectivity index (χ1n) is 4.40. The fourth-order valence-electron chi connectivity index (χ4n) is 1.03. The molecule has 0 spiro atoms. The van der Waals surface area contributed by atoms with E-state index in [1.54, 1.807) is 19.1 Å². The van der Waals surface area contributed by atoms with Crippen LogP contribution in [-0.4, -0.2) is 17.8 Å². The van der Waals surface area contributed by atoms with Gasteiger partial charge in [0.05, 0.1) is 29.4 Å². The molecule has 0 heterocycles. The first-order chi connectivity index (χ1) is 7.02. The smallest absolute Gasteiger partial charge is 0.0747 e. The lowest BCUT2D eigenvalue weighted by atomic mass is 10.2. The molecule has 0 amide bonds. The van der Waals surface area contributed by atoms with Crippen molar-refractivity contribution in [3.8, 4) is 0 Å². The molecule has 0 radical (unpaired) electrons. The minimum absolute atomic E-state index is 0.235. The third-order valence-electron chi connectivity index (χ3n) is 1.74. The van der Waals surface area contributed by atoms with Crippen LogP contribution in [0.5, 0.6) is 0 Å². The lowest BCUT2D eigenvalue weighted by Gasteiger charge is -2.10. The van der Waals surface area contributed by atoms with Crippen LogP contribution < -0.4 is 0 Å². The van der Waals surface area contributed by atoms with E-state index in [1.165, 1.54) is 0 Å². The van der Waals surface area contributed by atoms with E-state index in [-0.39, 0.29) is 13.2 Å². The molecule has 0 aliphatic rings. The van der Waals surface area contributed by atoms with Crippen LogP contribution >= 0.6 is 34.8 Å². The zero-order valence-corrected chi connectivity index (χ0v) is 10.4. The molecule has 1 aromatic rings. The normalized spacial score (nSPS) is 12.9. The van der Waals surface area contributed by atoms with E-state index in [2.05, 4.69) is 0 Å². The highest BCUT2D eigenvalue weighted by Crippen LogP contribution is 2.31. The molecule has 0 unspecified atom stereocenters. The monoisotopic (exact) mass is 268 g/mol. The second-order valence-electron chi connectivity index (χ2n) is 3.19. The Morgan fingerprint density at radius 1 is 1.27 bits per heavy atom. The van der Waals surface area contributed by atoms with Crippen molar-refractivity contribution in [1.82, 2.24) is 0 Å². The number of ether oxygens (including phenoxy) is 1. The molecule has 1 aromatic carbocycles. The Balaban J connectivity index is 2.71. The van der Waals surface area contributed by atoms with Gasteiger partial charge in [0, 0.05) is 10.6 Å². The van der Waals surface area contributed by atoms with E-state index in [0.29, 0.717) is 20.6 Å². The van der Waals surface area contributed by atoms with Crippen molar-refractivity contribution in [2.75, 3.05) is 6.61 Å². The summed E-state index contributed by atoms with van der Waals surface area (Å²) in [5, 5.41) is 10.4. The Labute approximate surface area is 104 Å². The van der Waals surface area contributed by atoms with Crippen LogP contribution in [0.2, 0.25) is 15.1 Å². The lowest BCUT2D eigenvalue weighted by Crippen LogP contribution is -2.10. The summed E-state index contributed by atoms with van der Waals surface area (Å²) in [5.41, 5.74) is 0.645. The molecule has 0 fully saturated rings. The molecule has 0 aromatic heterocycles. The summed E-state index contributed by atoms with van der Waals surface area (Å²) >= 11 is 17.7. The maximum atomic E-state index is 9.01. The van der Waals surface area contributed by atoms with Crippen LogP contribution in [0.1, 0.15) is 12.5 Å². The topological polar surface area (TPSA) is 29.5 Å². The van der Waals surface area contributed by atoms with Crippen LogP contribution in [0.4, 0.5) is 0 Å². The largest absolute Gasteiger partial charge is 0.391 e. The van der Waals surface area contributed by atoms with E-state index in [4.69, 9.17) is 44.6 Å². The van der Waals surface area contributed by atoms with E-state index >= 15 is 0 Å². The van der Waals surface area contributed by atoms with Gasteiger partial charge >= 0.3 is 0 Å². The number of benzene rings is 1. The third kappa shape index (κ3) is 3.82. The zero-order chi connectivity index (χ0) is 11.4. The van der Waals surface area contributed by atoms with Gasteiger partial charge in [-0.05, 0) is 19.1 Å². The van der Waals surface area contributed by atoms with E-state index in [9.17, 15) is 0 Å². The van der Waals surface area contributed by atoms with Crippen LogP contribution in [0.3, 0.4) is 0 Å². The van der Waals surface area contributed by atoms with Gasteiger partial charge in [-0.2, -0.15) is 0 Å². The highest BCUT2D eigenvalue weighted by atomic mass is 35.5. The predicted octanol–water partition coefficient (Wildman–Crippen LogP) is 3.54. The highest BCUT2D eigenvalue weighted by molar-refractivity contribution is 6.44. The molecule has 84 valence electrons. The van der Waals surface area contributed by atoms with Crippen molar-refractivity contribution < 1.29 is 9.84 Å². The molecular formula is C10H11Cl3O2. The summed E-state index contributed by atoms with van der Waals surface area (Å²) in [6.07, 6.45) is -0.512. The molecule has 1 atom stereocenters. The van der Waals surface area contributed by atoms with Gasteiger partial charge in [-0.15, -0.1) is 0 Å². The molecule has 0 bridgehead atoms. The number of aliphatic hydroxyl groups is 1. The van der Waals surface area contributed by atoms with Crippen molar-refractivity contribution in [2.45, 2.75) is 19.6 Å². The minimum atomic E-state index is -0.512. The molecule has 1 N–H and O–H groups in total. The van der Waals surface area contributed by atoms with Crippen molar-refractivity contribution in [3.05, 3.63) is 32.8 Å². The highest BCUT2D eigenvalue weighted by Gasteiger charge is 2.09. The Kier molecular flexibility index (Phi) is 5.16. The van der Waals surface area contributed by atoms with Gasteiger partial charge in [0.25, 0.3) is 0 Å². The predicted molar refractivity (Wildman–Crippen MR) is 62.8 cm³/mol. The standard InChI is InChI=1S/C10H11Cl3O2/c1-6(14)4-15-5-7-8(11)2-3-9(12)10(7)13/h2-3,6,14H,4-5H2,1H3/t6-/m0/s1. The lowest BCUT2D eigenvalue weighted by molar-refractivity contribution is 0.0376. The molecule has 1 rings (SSSR count). The van der Waals surface area contributed by atoms with E-state index < -0.39 is 6.10 Å². The quantitative estimate of drug-likeness (QED) is 0.847. The summed E-state index contributed by atoms with van der Waals surface area (Å²) < 4.78 is 5.22. The summed E-state index contributed by atoms with van der Waals surface area (Å²) in [6, 6.07) is 3.29. The van der Waals surface area contributed by atoms with Gasteiger partial charge in [0.15, 0.2) is 0 Å². The van der Waals surface area contributed by atoms with Crippen LogP contribution in [0.15, 0.2) is 12.1 Å². The molecular weight excluding hydrogens is 258 g/mol. The van der Waals surface area contributed by atoms with Crippen molar-refractivity contribution >= 4 is 34.8 Å². The molecule has 0 aliphatic heterocycles. The summed E-state index contributed by atoms with van der Waals surface area (Å²) in [4.78, 5) is 0. The van der Waals surface area contributed by atoms with Gasteiger partial charge in [0.2, 0.25) is 0 Å². The van der Waals surface area contributed by atoms with Gasteiger partial charge in [-0.3, -0.25) is 0 Å². The fraction of sp³-hybridized carbons (Fsp3) is 0.400. The van der Waals surface area contributed by atoms with Gasteiger partial charge in [-0.1, -0.05) is 34.8 Å². The number of halogens is 3.